The minimum absolute atomic E-state index is 0.268. The highest BCUT2D eigenvalue weighted by molar-refractivity contribution is 5.93. The van der Waals surface area contributed by atoms with Gasteiger partial charge in [0.05, 0.1) is 23.0 Å². The Morgan fingerprint density at radius 2 is 1.82 bits per heavy atom. The Morgan fingerprint density at radius 3 is 2.55 bits per heavy atom. The van der Waals surface area contributed by atoms with Gasteiger partial charge in [-0.1, -0.05) is 12.1 Å². The molecule has 0 spiro atoms. The highest BCUT2D eigenvalue weighted by Gasteiger charge is 2.26. The van der Waals surface area contributed by atoms with E-state index < -0.39 is 5.60 Å². The Balaban J connectivity index is 1.20. The van der Waals surface area contributed by atoms with Crippen molar-refractivity contribution >= 4 is 34.0 Å². The summed E-state index contributed by atoms with van der Waals surface area (Å²) in [6.45, 7) is 8.70. The third-order valence-corrected chi connectivity index (χ3v) is 6.87. The van der Waals surface area contributed by atoms with Crippen LogP contribution in [0.15, 0.2) is 48.8 Å². The zero-order chi connectivity index (χ0) is 27.9. The summed E-state index contributed by atoms with van der Waals surface area (Å²) >= 11 is 0. The van der Waals surface area contributed by atoms with E-state index in [1.807, 2.05) is 63.5 Å². The normalized spacial score (nSPS) is 14.3. The summed E-state index contributed by atoms with van der Waals surface area (Å²) in [7, 11) is 1.68. The number of hydrogen-bond acceptors (Lipinski definition) is 8. The maximum Gasteiger partial charge on any atom is 0.410 e. The molecule has 0 aliphatic carbocycles. The maximum atomic E-state index is 12.4. The van der Waals surface area contributed by atoms with Gasteiger partial charge in [0.15, 0.2) is 11.5 Å². The van der Waals surface area contributed by atoms with Crippen molar-refractivity contribution in [3.63, 3.8) is 0 Å². The lowest BCUT2D eigenvalue weighted by Crippen LogP contribution is -2.50. The van der Waals surface area contributed by atoms with Gasteiger partial charge >= 0.3 is 6.09 Å². The Bertz CT molecular complexity index is 1660. The molecule has 5 heterocycles. The highest BCUT2D eigenvalue weighted by Crippen LogP contribution is 2.30. The van der Waals surface area contributed by atoms with Crippen molar-refractivity contribution in [2.24, 2.45) is 0 Å². The molecule has 4 aromatic heterocycles. The van der Waals surface area contributed by atoms with Gasteiger partial charge in [-0.3, -0.25) is 5.10 Å². The van der Waals surface area contributed by atoms with Crippen LogP contribution >= 0.6 is 0 Å². The molecule has 6 rings (SSSR count). The number of imidazole rings is 1. The van der Waals surface area contributed by atoms with E-state index in [9.17, 15) is 4.79 Å². The smallest absolute Gasteiger partial charge is 0.410 e. The van der Waals surface area contributed by atoms with Crippen LogP contribution in [0.3, 0.4) is 0 Å². The van der Waals surface area contributed by atoms with Crippen molar-refractivity contribution in [2.75, 3.05) is 38.2 Å². The van der Waals surface area contributed by atoms with Gasteiger partial charge < -0.3 is 24.3 Å². The van der Waals surface area contributed by atoms with Crippen molar-refractivity contribution in [1.82, 2.24) is 35.0 Å². The molecule has 11 heteroatoms. The van der Waals surface area contributed by atoms with Gasteiger partial charge in [0.2, 0.25) is 0 Å². The number of amides is 1. The van der Waals surface area contributed by atoms with Crippen LogP contribution in [-0.4, -0.2) is 80.0 Å². The molecule has 1 amide bonds. The van der Waals surface area contributed by atoms with Crippen molar-refractivity contribution in [3.8, 4) is 22.6 Å². The average molecular weight is 541 g/mol. The summed E-state index contributed by atoms with van der Waals surface area (Å²) in [5.74, 6) is 1.54. The third kappa shape index (κ3) is 5.07. The van der Waals surface area contributed by atoms with E-state index in [-0.39, 0.29) is 6.09 Å². The number of pyridine rings is 2. The van der Waals surface area contributed by atoms with E-state index >= 15 is 0 Å². The van der Waals surface area contributed by atoms with Crippen LogP contribution in [0, 0.1) is 0 Å². The van der Waals surface area contributed by atoms with E-state index in [0.29, 0.717) is 50.0 Å². The van der Waals surface area contributed by atoms with Crippen molar-refractivity contribution < 1.29 is 14.3 Å². The predicted octanol–water partition coefficient (Wildman–Crippen LogP) is 4.77. The van der Waals surface area contributed by atoms with Crippen molar-refractivity contribution in [2.45, 2.75) is 33.0 Å². The molecule has 0 bridgehead atoms. The number of H-pyrrole nitrogens is 2. The van der Waals surface area contributed by atoms with Crippen LogP contribution in [0.1, 0.15) is 26.3 Å². The molecule has 0 atom stereocenters. The second-order valence-electron chi connectivity index (χ2n) is 10.9. The summed E-state index contributed by atoms with van der Waals surface area (Å²) in [6.07, 6.45) is 3.40. The quantitative estimate of drug-likeness (QED) is 0.327. The first kappa shape index (κ1) is 25.8. The first-order valence-electron chi connectivity index (χ1n) is 13.3. The lowest BCUT2D eigenvalue weighted by Gasteiger charge is -2.36. The fraction of sp³-hybridized carbons (Fsp3) is 0.345. The van der Waals surface area contributed by atoms with Gasteiger partial charge in [-0.2, -0.15) is 5.10 Å². The minimum atomic E-state index is -0.500. The molecule has 1 aromatic carbocycles. The third-order valence-electron chi connectivity index (χ3n) is 6.87. The largest absolute Gasteiger partial charge is 0.444 e. The number of benzene rings is 1. The van der Waals surface area contributed by atoms with Crippen LogP contribution in [0.5, 0.6) is 0 Å². The Morgan fingerprint density at radius 1 is 1.02 bits per heavy atom. The molecule has 0 radical (unpaired) electrons. The summed E-state index contributed by atoms with van der Waals surface area (Å²) in [5, 5.41) is 8.40. The molecule has 1 saturated heterocycles. The number of hydrogen-bond donors (Lipinski definition) is 2. The molecular formula is C29H32N8O3. The molecule has 11 nitrogen and oxygen atoms in total. The molecule has 1 aliphatic heterocycles. The maximum absolute atomic E-state index is 12.4. The van der Waals surface area contributed by atoms with Crippen LogP contribution in [0.4, 0.5) is 10.6 Å². The van der Waals surface area contributed by atoms with E-state index in [0.717, 1.165) is 38.9 Å². The fourth-order valence-corrected chi connectivity index (χ4v) is 4.91. The molecule has 1 aliphatic rings. The van der Waals surface area contributed by atoms with E-state index in [1.165, 1.54) is 0 Å². The molecule has 40 heavy (non-hydrogen) atoms. The van der Waals surface area contributed by atoms with Crippen LogP contribution in [0.25, 0.3) is 44.7 Å². The first-order chi connectivity index (χ1) is 19.3. The number of piperazine rings is 1. The first-order valence-corrected chi connectivity index (χ1v) is 13.3. The fourth-order valence-electron chi connectivity index (χ4n) is 4.91. The van der Waals surface area contributed by atoms with E-state index in [1.54, 1.807) is 12.0 Å². The number of anilines is 1. The Kier molecular flexibility index (Phi) is 6.59. The molecule has 2 N–H and O–H groups in total. The van der Waals surface area contributed by atoms with Crippen LogP contribution in [0.2, 0.25) is 0 Å². The van der Waals surface area contributed by atoms with Crippen molar-refractivity contribution in [1.29, 1.82) is 0 Å². The molecular weight excluding hydrogens is 508 g/mol. The molecule has 0 saturated carbocycles. The molecule has 206 valence electrons. The van der Waals surface area contributed by atoms with Gasteiger partial charge in [-0.15, -0.1) is 0 Å². The van der Waals surface area contributed by atoms with Gasteiger partial charge in [-0.05, 0) is 45.0 Å². The number of carbonyl (C=O) groups is 1. The van der Waals surface area contributed by atoms with E-state index in [2.05, 4.69) is 31.1 Å². The Labute approximate surface area is 231 Å². The number of para-hydroxylation sites is 1. The lowest BCUT2D eigenvalue weighted by atomic mass is 10.1. The monoisotopic (exact) mass is 540 g/mol. The number of aromatic nitrogens is 6. The number of rotatable bonds is 5. The van der Waals surface area contributed by atoms with Crippen LogP contribution in [-0.2, 0) is 16.1 Å². The van der Waals surface area contributed by atoms with E-state index in [4.69, 9.17) is 19.4 Å². The number of ether oxygens (including phenoxy) is 2. The summed E-state index contributed by atoms with van der Waals surface area (Å²) < 4.78 is 10.8. The number of aromatic amines is 2. The average Bonchev–Trinajstić information content (AvgIpc) is 3.57. The van der Waals surface area contributed by atoms with Gasteiger partial charge in [0.1, 0.15) is 17.1 Å². The number of carbonyl (C=O) groups excluding carboxylic acids is 1. The minimum Gasteiger partial charge on any atom is -0.444 e. The summed E-state index contributed by atoms with van der Waals surface area (Å²) in [4.78, 5) is 33.8. The number of nitrogens with zero attached hydrogens (tertiary/aromatic N) is 6. The second-order valence-corrected chi connectivity index (χ2v) is 10.9. The topological polar surface area (TPSA) is 125 Å². The number of nitrogens with one attached hydrogen (secondary N) is 2. The van der Waals surface area contributed by atoms with Gasteiger partial charge in [-0.25, -0.2) is 19.7 Å². The van der Waals surface area contributed by atoms with Gasteiger partial charge in [0.25, 0.3) is 0 Å². The SMILES string of the molecule is COCc1cccc2[nH]c(-c3n[nH]c4ncc(-c5ccc(N6CCN(C(=O)OC(C)(C)C)CC6)nc5)cc34)nc12. The second kappa shape index (κ2) is 10.2. The van der Waals surface area contributed by atoms with Gasteiger partial charge in [0, 0.05) is 62.4 Å². The lowest BCUT2D eigenvalue weighted by molar-refractivity contribution is 0.0240. The summed E-state index contributed by atoms with van der Waals surface area (Å²) in [5.41, 5.74) is 5.58. The molecule has 5 aromatic rings. The molecule has 0 unspecified atom stereocenters. The predicted molar refractivity (Wildman–Crippen MR) is 153 cm³/mol. The highest BCUT2D eigenvalue weighted by atomic mass is 16.6. The van der Waals surface area contributed by atoms with Crippen molar-refractivity contribution in [3.05, 3.63) is 54.4 Å². The number of methoxy groups -OCH3 is 1. The standard InChI is InChI=1S/C29H32N8O3/c1-29(2,3)40-28(38)37-12-10-36(11-13-37)23-9-8-18(15-30-23)20-14-21-25(34-35-26(21)31-16-20)27-32-22-7-5-6-19(17-39-4)24(22)33-27/h5-9,14-16H,10-13,17H2,1-4H3,(H,32,33)(H,31,34,35). The molecule has 1 fully saturated rings. The Hall–Kier alpha value is -4.51. The summed E-state index contributed by atoms with van der Waals surface area (Å²) in [6, 6.07) is 12.1. The van der Waals surface area contributed by atoms with Crippen LogP contribution < -0.4 is 4.90 Å². The number of fused-ring (bicyclic) bond motifs is 2. The zero-order valence-electron chi connectivity index (χ0n) is 23.1. The zero-order valence-corrected chi connectivity index (χ0v) is 23.1.